The monoisotopic (exact) mass is 340 g/mol. The predicted molar refractivity (Wildman–Crippen MR) is 80.3 cm³/mol. The van der Waals surface area contributed by atoms with Crippen molar-refractivity contribution in [3.63, 3.8) is 0 Å². The number of rotatable bonds is 3. The maximum atomic E-state index is 13.3. The standard InChI is InChI=1S/C15H20F4N2.ClH/c1-10(20)12-2-4-21(5-3-12)9-11-6-13(15(17,18)19)8-14(16)7-11;/h6-8,10,12H,2-5,9,20H2,1H3;1H. The van der Waals surface area contributed by atoms with Crippen LogP contribution in [0.2, 0.25) is 0 Å². The molecule has 1 aromatic carbocycles. The molecule has 0 aromatic heterocycles. The molecule has 0 saturated carbocycles. The zero-order valence-electron chi connectivity index (χ0n) is 12.4. The molecule has 7 heteroatoms. The SMILES string of the molecule is CC(N)C1CCN(Cc2cc(F)cc(C(F)(F)F)c2)CC1.Cl. The third-order valence-electron chi connectivity index (χ3n) is 4.07. The summed E-state index contributed by atoms with van der Waals surface area (Å²) >= 11 is 0. The lowest BCUT2D eigenvalue weighted by Crippen LogP contribution is -2.39. The van der Waals surface area contributed by atoms with E-state index < -0.39 is 17.6 Å². The molecule has 1 heterocycles. The van der Waals surface area contributed by atoms with Crippen molar-refractivity contribution in [1.82, 2.24) is 4.90 Å². The van der Waals surface area contributed by atoms with E-state index in [0.29, 0.717) is 24.1 Å². The summed E-state index contributed by atoms with van der Waals surface area (Å²) in [6, 6.07) is 2.87. The van der Waals surface area contributed by atoms with Crippen molar-refractivity contribution in [3.8, 4) is 0 Å². The van der Waals surface area contributed by atoms with Crippen LogP contribution in [-0.2, 0) is 12.7 Å². The summed E-state index contributed by atoms with van der Waals surface area (Å²) in [5, 5.41) is 0. The van der Waals surface area contributed by atoms with Crippen molar-refractivity contribution < 1.29 is 17.6 Å². The van der Waals surface area contributed by atoms with E-state index in [0.717, 1.165) is 32.0 Å². The second-order valence-electron chi connectivity index (χ2n) is 5.82. The van der Waals surface area contributed by atoms with Crippen LogP contribution in [0.25, 0.3) is 0 Å². The highest BCUT2D eigenvalue weighted by Crippen LogP contribution is 2.31. The third-order valence-corrected chi connectivity index (χ3v) is 4.07. The fourth-order valence-electron chi connectivity index (χ4n) is 2.80. The fourth-order valence-corrected chi connectivity index (χ4v) is 2.80. The molecule has 22 heavy (non-hydrogen) atoms. The van der Waals surface area contributed by atoms with E-state index in [9.17, 15) is 17.6 Å². The van der Waals surface area contributed by atoms with E-state index in [4.69, 9.17) is 5.73 Å². The Hall–Kier alpha value is -0.850. The zero-order valence-corrected chi connectivity index (χ0v) is 13.2. The van der Waals surface area contributed by atoms with E-state index in [1.807, 2.05) is 11.8 Å². The van der Waals surface area contributed by atoms with Crippen LogP contribution in [0.5, 0.6) is 0 Å². The van der Waals surface area contributed by atoms with Gasteiger partial charge in [-0.15, -0.1) is 12.4 Å². The number of nitrogens with zero attached hydrogens (tertiary/aromatic N) is 1. The second kappa shape index (κ2) is 7.62. The maximum Gasteiger partial charge on any atom is 0.416 e. The first-order chi connectivity index (χ1) is 9.75. The summed E-state index contributed by atoms with van der Waals surface area (Å²) in [6.45, 7) is 3.88. The van der Waals surface area contributed by atoms with Crippen molar-refractivity contribution in [2.45, 2.75) is 38.5 Å². The van der Waals surface area contributed by atoms with Crippen LogP contribution in [0, 0.1) is 11.7 Å². The van der Waals surface area contributed by atoms with Crippen molar-refractivity contribution in [3.05, 3.63) is 35.1 Å². The third kappa shape index (κ3) is 5.11. The number of hydrogen-bond acceptors (Lipinski definition) is 2. The number of halogens is 5. The van der Waals surface area contributed by atoms with Crippen LogP contribution in [0.3, 0.4) is 0 Å². The van der Waals surface area contributed by atoms with E-state index in [1.165, 1.54) is 6.07 Å². The first-order valence-corrected chi connectivity index (χ1v) is 7.10. The first kappa shape index (κ1) is 19.2. The number of likely N-dealkylation sites (tertiary alicyclic amines) is 1. The Bertz CT molecular complexity index is 483. The van der Waals surface area contributed by atoms with Gasteiger partial charge in [-0.2, -0.15) is 13.2 Å². The van der Waals surface area contributed by atoms with E-state index >= 15 is 0 Å². The van der Waals surface area contributed by atoms with E-state index in [-0.39, 0.29) is 18.4 Å². The van der Waals surface area contributed by atoms with Gasteiger partial charge in [-0.05, 0) is 62.5 Å². The van der Waals surface area contributed by atoms with Crippen LogP contribution < -0.4 is 5.73 Å². The van der Waals surface area contributed by atoms with Gasteiger partial charge in [0.15, 0.2) is 0 Å². The second-order valence-corrected chi connectivity index (χ2v) is 5.82. The molecule has 0 bridgehead atoms. The average molecular weight is 341 g/mol. The molecule has 2 N–H and O–H groups in total. The predicted octanol–water partition coefficient (Wildman–Crippen LogP) is 3.83. The molecular formula is C15H21ClF4N2. The van der Waals surface area contributed by atoms with Gasteiger partial charge in [0.05, 0.1) is 5.56 Å². The minimum absolute atomic E-state index is 0. The molecule has 1 saturated heterocycles. The lowest BCUT2D eigenvalue weighted by molar-refractivity contribution is -0.137. The smallest absolute Gasteiger partial charge is 0.328 e. The maximum absolute atomic E-state index is 13.3. The number of piperidine rings is 1. The number of nitrogens with two attached hydrogens (primary N) is 1. The molecule has 126 valence electrons. The summed E-state index contributed by atoms with van der Waals surface area (Å²) in [7, 11) is 0. The van der Waals surface area contributed by atoms with Crippen LogP contribution in [0.15, 0.2) is 18.2 Å². The highest BCUT2D eigenvalue weighted by Gasteiger charge is 2.31. The number of hydrogen-bond donors (Lipinski definition) is 1. The van der Waals surface area contributed by atoms with Gasteiger partial charge in [-0.1, -0.05) is 0 Å². The van der Waals surface area contributed by atoms with Crippen molar-refractivity contribution in [2.75, 3.05) is 13.1 Å². The molecule has 1 fully saturated rings. The molecule has 1 atom stereocenters. The average Bonchev–Trinajstić information content (AvgIpc) is 2.37. The van der Waals surface area contributed by atoms with Crippen molar-refractivity contribution in [2.24, 2.45) is 11.7 Å². The van der Waals surface area contributed by atoms with Gasteiger partial charge in [-0.25, -0.2) is 4.39 Å². The molecule has 1 aliphatic rings. The highest BCUT2D eigenvalue weighted by atomic mass is 35.5. The number of benzene rings is 1. The van der Waals surface area contributed by atoms with E-state index in [1.54, 1.807) is 0 Å². The minimum atomic E-state index is -4.52. The molecule has 1 unspecified atom stereocenters. The van der Waals surface area contributed by atoms with Crippen molar-refractivity contribution in [1.29, 1.82) is 0 Å². The van der Waals surface area contributed by atoms with Gasteiger partial charge in [0.2, 0.25) is 0 Å². The summed E-state index contributed by atoms with van der Waals surface area (Å²) in [5.74, 6) is -0.384. The summed E-state index contributed by atoms with van der Waals surface area (Å²) in [5.41, 5.74) is 5.29. The summed E-state index contributed by atoms with van der Waals surface area (Å²) < 4.78 is 51.4. The summed E-state index contributed by atoms with van der Waals surface area (Å²) in [4.78, 5) is 2.05. The molecule has 0 spiro atoms. The van der Waals surface area contributed by atoms with Crippen LogP contribution >= 0.6 is 12.4 Å². The molecule has 0 aliphatic carbocycles. The molecule has 1 aromatic rings. The Balaban J connectivity index is 0.00000242. The van der Waals surface area contributed by atoms with Crippen LogP contribution in [0.4, 0.5) is 17.6 Å². The Morgan fingerprint density at radius 1 is 1.23 bits per heavy atom. The first-order valence-electron chi connectivity index (χ1n) is 7.10. The molecule has 2 nitrogen and oxygen atoms in total. The molecule has 0 amide bonds. The minimum Gasteiger partial charge on any atom is -0.328 e. The lowest BCUT2D eigenvalue weighted by Gasteiger charge is -2.33. The van der Waals surface area contributed by atoms with Gasteiger partial charge in [-0.3, -0.25) is 4.90 Å². The van der Waals surface area contributed by atoms with Crippen LogP contribution in [-0.4, -0.2) is 24.0 Å². The topological polar surface area (TPSA) is 29.3 Å². The van der Waals surface area contributed by atoms with Gasteiger partial charge in [0.1, 0.15) is 5.82 Å². The summed E-state index contributed by atoms with van der Waals surface area (Å²) in [6.07, 6.45) is -2.66. The van der Waals surface area contributed by atoms with Gasteiger partial charge < -0.3 is 5.73 Å². The Morgan fingerprint density at radius 2 is 1.82 bits per heavy atom. The zero-order chi connectivity index (χ0) is 15.6. The van der Waals surface area contributed by atoms with Crippen LogP contribution in [0.1, 0.15) is 30.9 Å². The van der Waals surface area contributed by atoms with Gasteiger partial charge in [0.25, 0.3) is 0 Å². The Morgan fingerprint density at radius 3 is 2.32 bits per heavy atom. The van der Waals surface area contributed by atoms with Gasteiger partial charge in [0, 0.05) is 12.6 Å². The Kier molecular flexibility index (Phi) is 6.65. The Labute approximate surface area is 134 Å². The van der Waals surface area contributed by atoms with E-state index in [2.05, 4.69) is 0 Å². The van der Waals surface area contributed by atoms with Crippen molar-refractivity contribution >= 4 is 12.4 Å². The quantitative estimate of drug-likeness (QED) is 0.847. The fraction of sp³-hybridized carbons (Fsp3) is 0.600. The normalized spacial score (nSPS) is 18.8. The molecular weight excluding hydrogens is 320 g/mol. The largest absolute Gasteiger partial charge is 0.416 e. The number of alkyl halides is 3. The lowest BCUT2D eigenvalue weighted by atomic mass is 9.91. The molecule has 1 aliphatic heterocycles. The molecule has 0 radical (unpaired) electrons. The highest BCUT2D eigenvalue weighted by molar-refractivity contribution is 5.85. The van der Waals surface area contributed by atoms with Gasteiger partial charge >= 0.3 is 6.18 Å². The molecule has 2 rings (SSSR count).